The number of carbonyl (C=O) groups is 1. The molecule has 5 heteroatoms. The molecule has 1 aliphatic rings. The summed E-state index contributed by atoms with van der Waals surface area (Å²) < 4.78 is 14.3. The summed E-state index contributed by atoms with van der Waals surface area (Å²) in [7, 11) is 0. The van der Waals surface area contributed by atoms with E-state index in [0.717, 1.165) is 21.2 Å². The van der Waals surface area contributed by atoms with Crippen molar-refractivity contribution in [1.29, 1.82) is 0 Å². The van der Waals surface area contributed by atoms with Crippen LogP contribution in [-0.4, -0.2) is 11.7 Å². The van der Waals surface area contributed by atoms with Crippen molar-refractivity contribution in [2.24, 2.45) is 4.99 Å². The average molecular weight is 435 g/mol. The van der Waals surface area contributed by atoms with Crippen molar-refractivity contribution >= 4 is 39.4 Å². The topological polar surface area (TPSA) is 32.7 Å². The third kappa shape index (κ3) is 3.66. The zero-order valence-electron chi connectivity index (χ0n) is 15.1. The molecule has 4 rings (SSSR count). The predicted molar refractivity (Wildman–Crippen MR) is 114 cm³/mol. The molecule has 0 atom stereocenters. The van der Waals surface area contributed by atoms with E-state index in [1.807, 2.05) is 55.5 Å². The zero-order valence-corrected chi connectivity index (χ0v) is 16.7. The third-order valence-electron chi connectivity index (χ3n) is 4.43. The maximum atomic E-state index is 13.4. The van der Waals surface area contributed by atoms with E-state index in [9.17, 15) is 9.18 Å². The minimum Gasteiger partial charge on any atom is -0.266 e. The first kappa shape index (κ1) is 18.3. The highest BCUT2D eigenvalue weighted by atomic mass is 79.9. The molecule has 1 aliphatic heterocycles. The molecule has 0 saturated heterocycles. The average Bonchev–Trinajstić information content (AvgIpc) is 3.01. The number of anilines is 1. The summed E-state index contributed by atoms with van der Waals surface area (Å²) in [4.78, 5) is 19.3. The molecule has 3 aromatic rings. The van der Waals surface area contributed by atoms with E-state index in [4.69, 9.17) is 0 Å². The quantitative estimate of drug-likeness (QED) is 0.484. The first-order valence-electron chi connectivity index (χ1n) is 8.74. The zero-order chi connectivity index (χ0) is 19.7. The minimum absolute atomic E-state index is 0.245. The summed E-state index contributed by atoms with van der Waals surface area (Å²) in [6.07, 6.45) is 1.76. The minimum atomic E-state index is -0.352. The van der Waals surface area contributed by atoms with Gasteiger partial charge in [-0.3, -0.25) is 9.69 Å². The van der Waals surface area contributed by atoms with Crippen LogP contribution in [0.4, 0.5) is 10.1 Å². The second-order valence-electron chi connectivity index (χ2n) is 6.50. The number of carbonyl (C=O) groups excluding carboxylic acids is 1. The van der Waals surface area contributed by atoms with Crippen molar-refractivity contribution in [2.45, 2.75) is 6.92 Å². The molecule has 1 heterocycles. The van der Waals surface area contributed by atoms with Gasteiger partial charge >= 0.3 is 0 Å². The molecule has 0 saturated carbocycles. The van der Waals surface area contributed by atoms with Gasteiger partial charge in [-0.15, -0.1) is 0 Å². The highest BCUT2D eigenvalue weighted by molar-refractivity contribution is 9.10. The van der Waals surface area contributed by atoms with E-state index in [-0.39, 0.29) is 11.7 Å². The monoisotopic (exact) mass is 434 g/mol. The predicted octanol–water partition coefficient (Wildman–Crippen LogP) is 5.73. The number of amidine groups is 1. The Hall–Kier alpha value is -3.05. The van der Waals surface area contributed by atoms with Crippen LogP contribution in [0.25, 0.3) is 6.08 Å². The second-order valence-corrected chi connectivity index (χ2v) is 7.42. The summed E-state index contributed by atoms with van der Waals surface area (Å²) in [6, 6.07) is 21.3. The molecule has 0 aromatic heterocycles. The van der Waals surface area contributed by atoms with Crippen LogP contribution in [0.15, 0.2) is 88.0 Å². The molecule has 0 bridgehead atoms. The van der Waals surface area contributed by atoms with Crippen LogP contribution < -0.4 is 4.90 Å². The fourth-order valence-corrected chi connectivity index (χ4v) is 3.22. The number of halogens is 2. The molecule has 0 fully saturated rings. The van der Waals surface area contributed by atoms with Crippen LogP contribution in [0.3, 0.4) is 0 Å². The highest BCUT2D eigenvalue weighted by Crippen LogP contribution is 2.28. The second kappa shape index (κ2) is 7.52. The van der Waals surface area contributed by atoms with Crippen LogP contribution in [-0.2, 0) is 4.79 Å². The molecule has 0 N–H and O–H groups in total. The van der Waals surface area contributed by atoms with Gasteiger partial charge in [0, 0.05) is 10.0 Å². The van der Waals surface area contributed by atoms with Gasteiger partial charge in [-0.2, -0.15) is 0 Å². The third-order valence-corrected chi connectivity index (χ3v) is 4.96. The first-order chi connectivity index (χ1) is 13.5. The van der Waals surface area contributed by atoms with Crippen molar-refractivity contribution in [3.05, 3.63) is 105 Å². The molecular formula is C23H16BrFN2O. The maximum Gasteiger partial charge on any atom is 0.282 e. The number of rotatable bonds is 3. The van der Waals surface area contributed by atoms with Gasteiger partial charge in [-0.1, -0.05) is 57.9 Å². The smallest absolute Gasteiger partial charge is 0.266 e. The number of hydrogen-bond acceptors (Lipinski definition) is 2. The van der Waals surface area contributed by atoms with E-state index in [2.05, 4.69) is 20.9 Å². The molecule has 28 heavy (non-hydrogen) atoms. The highest BCUT2D eigenvalue weighted by Gasteiger charge is 2.32. The molecule has 0 spiro atoms. The summed E-state index contributed by atoms with van der Waals surface area (Å²) in [5.41, 5.74) is 3.72. The van der Waals surface area contributed by atoms with Crippen molar-refractivity contribution in [3.63, 3.8) is 0 Å². The summed E-state index contributed by atoms with van der Waals surface area (Å²) in [5, 5.41) is 0. The maximum absolute atomic E-state index is 13.4. The van der Waals surface area contributed by atoms with Gasteiger partial charge in [0.15, 0.2) is 0 Å². The van der Waals surface area contributed by atoms with Gasteiger partial charge in [-0.05, 0) is 55.0 Å². The lowest BCUT2D eigenvalue weighted by Crippen LogP contribution is -2.32. The molecule has 0 radical (unpaired) electrons. The summed E-state index contributed by atoms with van der Waals surface area (Å²) in [5.74, 6) is -0.0695. The lowest BCUT2D eigenvalue weighted by atomic mass is 10.1. The Bertz CT molecular complexity index is 1080. The van der Waals surface area contributed by atoms with Gasteiger partial charge in [0.2, 0.25) is 0 Å². The number of hydrogen-bond donors (Lipinski definition) is 0. The number of aryl methyl sites for hydroxylation is 1. The number of aliphatic imine (C=N–C) groups is 1. The van der Waals surface area contributed by atoms with E-state index in [0.29, 0.717) is 17.2 Å². The Morgan fingerprint density at radius 3 is 2.21 bits per heavy atom. The number of nitrogens with zero attached hydrogens (tertiary/aromatic N) is 2. The van der Waals surface area contributed by atoms with Gasteiger partial charge in [0.1, 0.15) is 17.3 Å². The van der Waals surface area contributed by atoms with E-state index in [1.165, 1.54) is 17.0 Å². The Morgan fingerprint density at radius 1 is 0.929 bits per heavy atom. The van der Waals surface area contributed by atoms with Crippen LogP contribution in [0, 0.1) is 12.7 Å². The van der Waals surface area contributed by atoms with Crippen LogP contribution in [0.5, 0.6) is 0 Å². The van der Waals surface area contributed by atoms with Crippen molar-refractivity contribution in [2.75, 3.05) is 4.90 Å². The molecule has 0 aliphatic carbocycles. The van der Waals surface area contributed by atoms with Crippen molar-refractivity contribution in [1.82, 2.24) is 0 Å². The number of benzene rings is 3. The van der Waals surface area contributed by atoms with Gasteiger partial charge < -0.3 is 0 Å². The van der Waals surface area contributed by atoms with Crippen LogP contribution in [0.2, 0.25) is 0 Å². The van der Waals surface area contributed by atoms with Gasteiger partial charge in [0.25, 0.3) is 5.91 Å². The normalized spacial score (nSPS) is 15.2. The summed E-state index contributed by atoms with van der Waals surface area (Å²) in [6.45, 7) is 2.00. The SMILES string of the molecule is Cc1ccc(C2=N/C(=C\c3ccc(Br)cc3)C(=O)N2c2ccc(F)cc2)cc1. The Kier molecular flexibility index (Phi) is 4.92. The van der Waals surface area contributed by atoms with Crippen LogP contribution in [0.1, 0.15) is 16.7 Å². The van der Waals surface area contributed by atoms with Crippen molar-refractivity contribution < 1.29 is 9.18 Å². The molecular weight excluding hydrogens is 419 g/mol. The van der Waals surface area contributed by atoms with E-state index >= 15 is 0 Å². The molecule has 3 aromatic carbocycles. The van der Waals surface area contributed by atoms with Crippen molar-refractivity contribution in [3.8, 4) is 0 Å². The van der Waals surface area contributed by atoms with E-state index in [1.54, 1.807) is 18.2 Å². The Morgan fingerprint density at radius 2 is 1.57 bits per heavy atom. The Labute approximate surface area is 171 Å². The Balaban J connectivity index is 1.81. The summed E-state index contributed by atoms with van der Waals surface area (Å²) >= 11 is 3.41. The van der Waals surface area contributed by atoms with Gasteiger partial charge in [0.05, 0.1) is 5.69 Å². The molecule has 3 nitrogen and oxygen atoms in total. The van der Waals surface area contributed by atoms with Crippen LogP contribution >= 0.6 is 15.9 Å². The standard InChI is InChI=1S/C23H16BrFN2O/c1-15-2-6-17(7-3-15)22-26-21(14-16-4-8-18(24)9-5-16)23(28)27(22)20-12-10-19(25)11-13-20/h2-14H,1H3/b21-14-. The fourth-order valence-electron chi connectivity index (χ4n) is 2.96. The van der Waals surface area contributed by atoms with E-state index < -0.39 is 0 Å². The number of amides is 1. The molecule has 0 unspecified atom stereocenters. The molecule has 138 valence electrons. The lowest BCUT2D eigenvalue weighted by molar-refractivity contribution is -0.113. The fraction of sp³-hybridized carbons (Fsp3) is 0.0435. The first-order valence-corrected chi connectivity index (χ1v) is 9.53. The largest absolute Gasteiger partial charge is 0.282 e. The lowest BCUT2D eigenvalue weighted by Gasteiger charge is -2.18. The van der Waals surface area contributed by atoms with Gasteiger partial charge in [-0.25, -0.2) is 9.38 Å². The molecule has 1 amide bonds.